The zero-order valence-corrected chi connectivity index (χ0v) is 12.3. The van der Waals surface area contributed by atoms with Crippen LogP contribution in [0, 0.1) is 0 Å². The number of carbonyl (C=O) groups excluding carboxylic acids is 1. The topological polar surface area (TPSA) is 92.4 Å². The smallest absolute Gasteiger partial charge is 0.326 e. The van der Waals surface area contributed by atoms with Gasteiger partial charge in [-0.1, -0.05) is 18.2 Å². The fourth-order valence-electron chi connectivity index (χ4n) is 1.84. The minimum atomic E-state index is -1.01. The van der Waals surface area contributed by atoms with Crippen LogP contribution in [-0.2, 0) is 11.2 Å². The average molecular weight is 296 g/mol. The molecular weight excluding hydrogens is 276 g/mol. The summed E-state index contributed by atoms with van der Waals surface area (Å²) in [5.41, 5.74) is 6.84. The van der Waals surface area contributed by atoms with Crippen molar-refractivity contribution < 1.29 is 14.7 Å². The Kier molecular flexibility index (Phi) is 7.11. The van der Waals surface area contributed by atoms with Crippen LogP contribution in [0.15, 0.2) is 24.3 Å². The van der Waals surface area contributed by atoms with Crippen LogP contribution in [0.1, 0.15) is 22.3 Å². The van der Waals surface area contributed by atoms with Crippen molar-refractivity contribution in [3.63, 3.8) is 0 Å². The van der Waals surface area contributed by atoms with E-state index in [0.717, 1.165) is 5.56 Å². The average Bonchev–Trinajstić information content (AvgIpc) is 2.43. The molecule has 20 heavy (non-hydrogen) atoms. The summed E-state index contributed by atoms with van der Waals surface area (Å²) in [6, 6.07) is 6.25. The first-order valence-electron chi connectivity index (χ1n) is 6.40. The molecule has 0 bridgehead atoms. The molecule has 110 valence electrons. The Morgan fingerprint density at radius 1 is 1.40 bits per heavy atom. The van der Waals surface area contributed by atoms with Gasteiger partial charge in [0.15, 0.2) is 0 Å². The molecule has 0 spiro atoms. The maximum absolute atomic E-state index is 12.2. The number of amides is 1. The van der Waals surface area contributed by atoms with Gasteiger partial charge in [0.25, 0.3) is 5.91 Å². The minimum Gasteiger partial charge on any atom is -0.480 e. The zero-order chi connectivity index (χ0) is 15.0. The van der Waals surface area contributed by atoms with Crippen LogP contribution in [0.4, 0.5) is 0 Å². The molecule has 0 saturated carbocycles. The predicted octanol–water partition coefficient (Wildman–Crippen LogP) is 1.12. The molecular formula is C14H20N2O3S. The van der Waals surface area contributed by atoms with Gasteiger partial charge in [-0.25, -0.2) is 4.79 Å². The number of aliphatic carboxylic acids is 1. The number of carboxylic acids is 1. The second-order valence-electron chi connectivity index (χ2n) is 4.34. The number of rotatable bonds is 8. The molecule has 1 aromatic carbocycles. The Labute approximate surface area is 122 Å². The molecule has 1 amide bonds. The van der Waals surface area contributed by atoms with Crippen molar-refractivity contribution in [3.8, 4) is 0 Å². The van der Waals surface area contributed by atoms with Gasteiger partial charge in [-0.15, -0.1) is 0 Å². The van der Waals surface area contributed by atoms with Crippen molar-refractivity contribution in [2.45, 2.75) is 18.9 Å². The highest BCUT2D eigenvalue weighted by Gasteiger charge is 2.21. The summed E-state index contributed by atoms with van der Waals surface area (Å²) in [6.45, 7) is 0.444. The van der Waals surface area contributed by atoms with Gasteiger partial charge >= 0.3 is 5.97 Å². The number of nitrogens with two attached hydrogens (primary N) is 1. The molecule has 0 saturated heterocycles. The third-order valence-corrected chi connectivity index (χ3v) is 3.53. The van der Waals surface area contributed by atoms with Crippen molar-refractivity contribution in [1.82, 2.24) is 5.32 Å². The van der Waals surface area contributed by atoms with Crippen LogP contribution >= 0.6 is 11.8 Å². The summed E-state index contributed by atoms with van der Waals surface area (Å²) in [5, 5.41) is 11.7. The Hall–Kier alpha value is -1.53. The SMILES string of the molecule is CSCCC(NC(=O)c1ccccc1CCN)C(=O)O. The first kappa shape index (κ1) is 16.5. The summed E-state index contributed by atoms with van der Waals surface area (Å²) in [6.07, 6.45) is 2.89. The maximum atomic E-state index is 12.2. The van der Waals surface area contributed by atoms with Gasteiger partial charge in [-0.05, 0) is 43.0 Å². The normalized spacial score (nSPS) is 11.9. The van der Waals surface area contributed by atoms with Gasteiger partial charge < -0.3 is 16.2 Å². The first-order chi connectivity index (χ1) is 9.60. The van der Waals surface area contributed by atoms with Gasteiger partial charge in [0.05, 0.1) is 0 Å². The highest BCUT2D eigenvalue weighted by Crippen LogP contribution is 2.10. The maximum Gasteiger partial charge on any atom is 0.326 e. The van der Waals surface area contributed by atoms with E-state index in [1.165, 1.54) is 0 Å². The molecule has 1 unspecified atom stereocenters. The molecule has 0 fully saturated rings. The second kappa shape index (κ2) is 8.60. The first-order valence-corrected chi connectivity index (χ1v) is 7.80. The molecule has 0 radical (unpaired) electrons. The van der Waals surface area contributed by atoms with Gasteiger partial charge in [0.1, 0.15) is 6.04 Å². The van der Waals surface area contributed by atoms with E-state index in [-0.39, 0.29) is 5.91 Å². The van der Waals surface area contributed by atoms with E-state index in [1.807, 2.05) is 18.4 Å². The van der Waals surface area contributed by atoms with Gasteiger partial charge in [0.2, 0.25) is 0 Å². The van der Waals surface area contributed by atoms with Crippen LogP contribution in [0.2, 0.25) is 0 Å². The van der Waals surface area contributed by atoms with Crippen molar-refractivity contribution in [3.05, 3.63) is 35.4 Å². The molecule has 0 aliphatic carbocycles. The van der Waals surface area contributed by atoms with Crippen LogP contribution in [-0.4, -0.2) is 41.6 Å². The summed E-state index contributed by atoms with van der Waals surface area (Å²) in [4.78, 5) is 23.3. The number of benzene rings is 1. The van der Waals surface area contributed by atoms with Gasteiger partial charge in [0, 0.05) is 5.56 Å². The third kappa shape index (κ3) is 4.86. The van der Waals surface area contributed by atoms with Crippen molar-refractivity contribution >= 4 is 23.6 Å². The molecule has 0 aliphatic heterocycles. The minimum absolute atomic E-state index is 0.359. The molecule has 0 aromatic heterocycles. The Morgan fingerprint density at radius 3 is 2.70 bits per heavy atom. The fourth-order valence-corrected chi connectivity index (χ4v) is 2.32. The summed E-state index contributed by atoms with van der Waals surface area (Å²) >= 11 is 1.55. The molecule has 0 aliphatic rings. The van der Waals surface area contributed by atoms with E-state index in [9.17, 15) is 9.59 Å². The monoisotopic (exact) mass is 296 g/mol. The Bertz CT molecular complexity index is 465. The molecule has 1 rings (SSSR count). The lowest BCUT2D eigenvalue weighted by Gasteiger charge is -2.15. The van der Waals surface area contributed by atoms with Crippen LogP contribution in [0.5, 0.6) is 0 Å². The third-order valence-electron chi connectivity index (χ3n) is 2.89. The number of carboxylic acid groups (broad SMARTS) is 1. The lowest BCUT2D eigenvalue weighted by molar-refractivity contribution is -0.139. The van der Waals surface area contributed by atoms with Gasteiger partial charge in [-0.2, -0.15) is 11.8 Å². The predicted molar refractivity (Wildman–Crippen MR) is 81.1 cm³/mol. The number of nitrogens with one attached hydrogen (secondary N) is 1. The molecule has 0 heterocycles. The van der Waals surface area contributed by atoms with E-state index in [1.54, 1.807) is 23.9 Å². The standard InChI is InChI=1S/C14H20N2O3S/c1-20-9-7-12(14(18)19)16-13(17)11-5-3-2-4-10(11)6-8-15/h2-5,12H,6-9,15H2,1H3,(H,16,17)(H,18,19). The van der Waals surface area contributed by atoms with Crippen molar-refractivity contribution in [2.24, 2.45) is 5.73 Å². The van der Waals surface area contributed by atoms with Crippen LogP contribution in [0.3, 0.4) is 0 Å². The molecule has 1 aromatic rings. The van der Waals surface area contributed by atoms with E-state index >= 15 is 0 Å². The summed E-state index contributed by atoms with van der Waals surface area (Å²) in [5.74, 6) is -0.687. The number of hydrogen-bond donors (Lipinski definition) is 3. The van der Waals surface area contributed by atoms with E-state index in [2.05, 4.69) is 5.32 Å². The highest BCUT2D eigenvalue weighted by atomic mass is 32.2. The van der Waals surface area contributed by atoms with Crippen molar-refractivity contribution in [2.75, 3.05) is 18.6 Å². The summed E-state index contributed by atoms with van der Waals surface area (Å²) in [7, 11) is 0. The molecule has 6 heteroatoms. The van der Waals surface area contributed by atoms with E-state index < -0.39 is 12.0 Å². The number of carbonyl (C=O) groups is 2. The number of thioether (sulfide) groups is 1. The summed E-state index contributed by atoms with van der Waals surface area (Å²) < 4.78 is 0. The van der Waals surface area contributed by atoms with Crippen LogP contribution < -0.4 is 11.1 Å². The molecule has 4 N–H and O–H groups in total. The highest BCUT2D eigenvalue weighted by molar-refractivity contribution is 7.98. The van der Waals surface area contributed by atoms with Gasteiger partial charge in [-0.3, -0.25) is 4.79 Å². The second-order valence-corrected chi connectivity index (χ2v) is 5.33. The molecule has 5 nitrogen and oxygen atoms in total. The van der Waals surface area contributed by atoms with E-state index in [0.29, 0.717) is 30.7 Å². The Morgan fingerprint density at radius 2 is 2.10 bits per heavy atom. The lowest BCUT2D eigenvalue weighted by atomic mass is 10.0. The largest absolute Gasteiger partial charge is 0.480 e. The quantitative estimate of drug-likeness (QED) is 0.668. The van der Waals surface area contributed by atoms with Crippen molar-refractivity contribution in [1.29, 1.82) is 0 Å². The zero-order valence-electron chi connectivity index (χ0n) is 11.5. The lowest BCUT2D eigenvalue weighted by Crippen LogP contribution is -2.41. The fraction of sp³-hybridized carbons (Fsp3) is 0.429. The molecule has 1 atom stereocenters. The Balaban J connectivity index is 2.80. The number of hydrogen-bond acceptors (Lipinski definition) is 4. The van der Waals surface area contributed by atoms with Crippen LogP contribution in [0.25, 0.3) is 0 Å². The van der Waals surface area contributed by atoms with E-state index in [4.69, 9.17) is 10.8 Å².